The molecule has 1 saturated heterocycles. The molecule has 6 rings (SSSR count). The van der Waals surface area contributed by atoms with Crippen LogP contribution >= 0.6 is 15.9 Å². The van der Waals surface area contributed by atoms with Crippen LogP contribution in [-0.4, -0.2) is 52.2 Å². The van der Waals surface area contributed by atoms with E-state index in [0.29, 0.717) is 17.0 Å². The molecule has 5 heterocycles. The van der Waals surface area contributed by atoms with Crippen LogP contribution in [0.2, 0.25) is 0 Å². The predicted molar refractivity (Wildman–Crippen MR) is 143 cm³/mol. The van der Waals surface area contributed by atoms with Gasteiger partial charge in [-0.1, -0.05) is 25.1 Å². The van der Waals surface area contributed by atoms with Gasteiger partial charge in [0.05, 0.1) is 17.1 Å². The van der Waals surface area contributed by atoms with Crippen LogP contribution in [0.25, 0.3) is 22.2 Å². The van der Waals surface area contributed by atoms with E-state index in [0.717, 1.165) is 40.9 Å². The van der Waals surface area contributed by atoms with Crippen molar-refractivity contribution >= 4 is 50.9 Å². The summed E-state index contributed by atoms with van der Waals surface area (Å²) >= 11 is 7.60. The van der Waals surface area contributed by atoms with E-state index in [1.165, 1.54) is 0 Å². The number of aromatic nitrogens is 7. The van der Waals surface area contributed by atoms with Crippen molar-refractivity contribution in [3.8, 4) is 5.69 Å². The smallest absolute Gasteiger partial charge is 0.282 e. The molecular formula is C24H24BrN8OS+. The first-order valence-electron chi connectivity index (χ1n) is 11.5. The summed E-state index contributed by atoms with van der Waals surface area (Å²) < 4.78 is 4.17. The Balaban J connectivity index is 1.54. The van der Waals surface area contributed by atoms with E-state index in [4.69, 9.17) is 5.10 Å². The van der Waals surface area contributed by atoms with Crippen LogP contribution in [0.15, 0.2) is 64.4 Å². The molecule has 9 nitrogen and oxygen atoms in total. The Morgan fingerprint density at radius 1 is 1.17 bits per heavy atom. The van der Waals surface area contributed by atoms with Crippen molar-refractivity contribution in [3.63, 3.8) is 0 Å². The second kappa shape index (κ2) is 8.80. The topological polar surface area (TPSA) is 97.0 Å². The average Bonchev–Trinajstić information content (AvgIpc) is 3.51. The standard InChI is InChI=1S/C24H23BrN8OS/c1-14(22-30-32-12-5-9-16(32)24(34)33(22)15-7-3-2-4-8-15)19-17(35)10-6-11-31(19)23-18-20(25)28-29-21(18)26-13-27-23/h2-5,7-9,12-14,17,19,35H,6,10-11H2,1H3,(H,26,27,28,29)/p+1/t14?,17-,19-/m1/s1. The van der Waals surface area contributed by atoms with Crippen LogP contribution in [-0.2, 0) is 12.6 Å². The first-order chi connectivity index (χ1) is 17.0. The maximum Gasteiger partial charge on any atom is 0.282 e. The highest BCUT2D eigenvalue weighted by Gasteiger charge is 2.41. The van der Waals surface area contributed by atoms with E-state index < -0.39 is 0 Å². The van der Waals surface area contributed by atoms with Crippen molar-refractivity contribution in [2.45, 2.75) is 37.0 Å². The first kappa shape index (κ1) is 22.3. The number of rotatable bonds is 4. The molecule has 0 amide bonds. The lowest BCUT2D eigenvalue weighted by Crippen LogP contribution is -2.51. The van der Waals surface area contributed by atoms with Crippen molar-refractivity contribution in [1.29, 1.82) is 0 Å². The largest absolute Gasteiger partial charge is 0.347 e. The monoisotopic (exact) mass is 551 g/mol. The fourth-order valence-electron chi connectivity index (χ4n) is 5.18. The lowest BCUT2D eigenvalue weighted by Gasteiger charge is -2.41. The minimum Gasteiger partial charge on any atom is -0.347 e. The van der Waals surface area contributed by atoms with Gasteiger partial charge in [0.1, 0.15) is 33.3 Å². The van der Waals surface area contributed by atoms with E-state index in [1.54, 1.807) is 21.5 Å². The highest BCUT2D eigenvalue weighted by Crippen LogP contribution is 2.37. The maximum atomic E-state index is 13.7. The van der Waals surface area contributed by atoms with Gasteiger partial charge in [0.2, 0.25) is 0 Å². The molecule has 5 aromatic rings. The fourth-order valence-corrected chi connectivity index (χ4v) is 6.30. The molecule has 0 saturated carbocycles. The molecule has 1 aliphatic heterocycles. The van der Waals surface area contributed by atoms with E-state index in [1.807, 2.05) is 42.6 Å². The molecule has 0 aliphatic carbocycles. The zero-order chi connectivity index (χ0) is 24.1. The number of nitrogens with one attached hydrogen (secondary N) is 1. The van der Waals surface area contributed by atoms with Crippen LogP contribution in [0.4, 0.5) is 5.82 Å². The number of halogens is 1. The quantitative estimate of drug-likeness (QED) is 0.345. The maximum absolute atomic E-state index is 13.7. The lowest BCUT2D eigenvalue weighted by atomic mass is 9.89. The van der Waals surface area contributed by atoms with Gasteiger partial charge >= 0.3 is 0 Å². The van der Waals surface area contributed by atoms with Crippen LogP contribution in [0.1, 0.15) is 31.5 Å². The fraction of sp³-hybridized carbons (Fsp3) is 0.292. The van der Waals surface area contributed by atoms with Gasteiger partial charge in [0, 0.05) is 18.7 Å². The Morgan fingerprint density at radius 3 is 2.83 bits per heavy atom. The highest BCUT2D eigenvalue weighted by molar-refractivity contribution is 9.10. The van der Waals surface area contributed by atoms with Gasteiger partial charge in [-0.25, -0.2) is 14.5 Å². The van der Waals surface area contributed by atoms with Gasteiger partial charge in [0.25, 0.3) is 5.56 Å². The number of benzene rings is 1. The zero-order valence-corrected chi connectivity index (χ0v) is 21.6. The number of anilines is 1. The molecule has 3 atom stereocenters. The van der Waals surface area contributed by atoms with Gasteiger partial charge < -0.3 is 4.90 Å². The molecule has 35 heavy (non-hydrogen) atoms. The molecular weight excluding hydrogens is 528 g/mol. The van der Waals surface area contributed by atoms with Gasteiger partial charge in [-0.05, 0) is 65.7 Å². The summed E-state index contributed by atoms with van der Waals surface area (Å²) in [6, 6.07) is 13.3. The van der Waals surface area contributed by atoms with E-state index in [-0.39, 0.29) is 22.8 Å². The minimum absolute atomic E-state index is 0.0183. The molecule has 1 fully saturated rings. The minimum atomic E-state index is -0.117. The molecule has 1 aliphatic rings. The normalized spacial score (nSPS) is 19.5. The number of nitrogens with zero attached hydrogens (tertiary/aromatic N) is 7. The van der Waals surface area contributed by atoms with E-state index >= 15 is 0 Å². The number of piperidine rings is 1. The first-order valence-corrected chi connectivity index (χ1v) is 12.9. The van der Waals surface area contributed by atoms with Crippen molar-refractivity contribution < 1.29 is 0 Å². The van der Waals surface area contributed by atoms with Crippen molar-refractivity contribution in [1.82, 2.24) is 34.3 Å². The van der Waals surface area contributed by atoms with Crippen molar-refractivity contribution in [2.75, 3.05) is 11.4 Å². The van der Waals surface area contributed by atoms with Gasteiger partial charge in [-0.15, -0.1) is 0 Å². The van der Waals surface area contributed by atoms with Crippen LogP contribution in [0.3, 0.4) is 0 Å². The third-order valence-corrected chi connectivity index (χ3v) is 7.97. The van der Waals surface area contributed by atoms with Gasteiger partial charge in [0.15, 0.2) is 5.65 Å². The Bertz CT molecular complexity index is 1580. The molecule has 178 valence electrons. The number of para-hydroxylation sites is 1. The predicted octanol–water partition coefficient (Wildman–Crippen LogP) is 3.07. The summed E-state index contributed by atoms with van der Waals surface area (Å²) in [5.41, 5.74) is 1.86. The Labute approximate surface area is 214 Å². The zero-order valence-electron chi connectivity index (χ0n) is 19.0. The molecule has 4 aromatic heterocycles. The highest BCUT2D eigenvalue weighted by atomic mass is 79.9. The van der Waals surface area contributed by atoms with Crippen LogP contribution in [0.5, 0.6) is 0 Å². The Morgan fingerprint density at radius 2 is 2.00 bits per heavy atom. The molecule has 1 unspecified atom stereocenters. The number of hydrogen-bond donors (Lipinski definition) is 1. The number of H-pyrrole nitrogens is 1. The summed E-state index contributed by atoms with van der Waals surface area (Å²) in [7, 11) is 0. The summed E-state index contributed by atoms with van der Waals surface area (Å²) in [5, 5.41) is 13.2. The molecule has 0 bridgehead atoms. The number of hydrogen-bond acceptors (Lipinski definition) is 6. The third-order valence-electron chi connectivity index (χ3n) is 6.77. The summed E-state index contributed by atoms with van der Waals surface area (Å²) in [5.74, 6) is 1.39. The third kappa shape index (κ3) is 3.64. The summed E-state index contributed by atoms with van der Waals surface area (Å²) in [4.78, 5) is 24.9. The lowest BCUT2D eigenvalue weighted by molar-refractivity contribution is 0.407. The molecule has 0 spiro atoms. The number of aromatic amines is 1. The summed E-state index contributed by atoms with van der Waals surface area (Å²) in [6.45, 7) is 2.95. The van der Waals surface area contributed by atoms with Crippen LogP contribution < -0.4 is 10.5 Å². The molecule has 11 heteroatoms. The Kier molecular flexibility index (Phi) is 5.60. The van der Waals surface area contributed by atoms with E-state index in [2.05, 4.69) is 60.5 Å². The van der Waals surface area contributed by atoms with Gasteiger partial charge in [-0.2, -0.15) is 10.2 Å². The van der Waals surface area contributed by atoms with Gasteiger partial charge in [-0.3, -0.25) is 14.5 Å². The average molecular weight is 552 g/mol. The van der Waals surface area contributed by atoms with Crippen LogP contribution in [0, 0.1) is 0 Å². The SMILES string of the molecule is CC(c1nn2cccc2c(=O)n1-c1ccccc1)[C@@H]1[C@H]([SH2+])CCCN1c1ncnc2n[nH]c(Br)c12. The molecule has 1 aromatic carbocycles. The second-order valence-electron chi connectivity index (χ2n) is 8.83. The van der Waals surface area contributed by atoms with Crippen molar-refractivity contribution in [2.24, 2.45) is 0 Å². The molecule has 0 radical (unpaired) electrons. The summed E-state index contributed by atoms with van der Waals surface area (Å²) in [6.07, 6.45) is 5.38. The Hall–Kier alpha value is -3.18. The molecule has 1 N–H and O–H groups in total. The van der Waals surface area contributed by atoms with E-state index in [9.17, 15) is 4.79 Å². The number of fused-ring (bicyclic) bond motifs is 2. The van der Waals surface area contributed by atoms with Crippen molar-refractivity contribution in [3.05, 3.63) is 75.8 Å². The second-order valence-corrected chi connectivity index (χ2v) is 10.4.